The predicted molar refractivity (Wildman–Crippen MR) is 49.0 cm³/mol. The summed E-state index contributed by atoms with van der Waals surface area (Å²) in [5.74, 6) is -5.78. The van der Waals surface area contributed by atoms with E-state index in [0.717, 1.165) is 11.6 Å². The summed E-state index contributed by atoms with van der Waals surface area (Å²) in [6, 6.07) is 0. The van der Waals surface area contributed by atoms with Gasteiger partial charge in [-0.2, -0.15) is 10.5 Å². The molecule has 20 heavy (non-hydrogen) atoms. The number of nitrogens with zero attached hydrogens (tertiary/aromatic N) is 2. The van der Waals surface area contributed by atoms with Crippen LogP contribution in [0.2, 0.25) is 0 Å². The van der Waals surface area contributed by atoms with Crippen molar-refractivity contribution in [1.82, 2.24) is 0 Å². The first kappa shape index (κ1) is 26.6. The van der Waals surface area contributed by atoms with E-state index in [1.807, 2.05) is 0 Å². The molecular weight excluding hydrogens is 314 g/mol. The van der Waals surface area contributed by atoms with Gasteiger partial charge in [0, 0.05) is 0 Å². The molecule has 0 fully saturated rings. The molecule has 0 aliphatic rings. The number of rotatable bonds is 0. The minimum atomic E-state index is -4.04. The second kappa shape index (κ2) is 13.5. The topological polar surface area (TPSA) is 237 Å². The van der Waals surface area contributed by atoms with E-state index in [9.17, 15) is 4.57 Å². The van der Waals surface area contributed by atoms with Gasteiger partial charge >= 0.3 is 54.8 Å². The van der Waals surface area contributed by atoms with Gasteiger partial charge in [-0.1, -0.05) is 0 Å². The van der Waals surface area contributed by atoms with Gasteiger partial charge in [-0.15, -0.1) is 0 Å². The molecule has 0 aromatic rings. The van der Waals surface area contributed by atoms with E-state index < -0.39 is 31.2 Å². The van der Waals surface area contributed by atoms with Crippen molar-refractivity contribution in [2.45, 2.75) is 0 Å². The standard InChI is InChI=1S/C2HN2O2P.2C2H2O4.Na/c3-1-7(5,6)2-4;2*3-1(4)2(5)6;/h(H,5,6);2*(H,3,4)(H,5,6);/q;;;+1/p-1. The number of carboxylic acid groups (broad SMARTS) is 4. The SMILES string of the molecule is N#CP(=O)(O)C#N.O=C(O)C(=O)O.O=C([O-])C(=O)O.[Na+]. The van der Waals surface area contributed by atoms with E-state index in [1.165, 1.54) is 0 Å². The van der Waals surface area contributed by atoms with Gasteiger partial charge < -0.3 is 30.1 Å². The van der Waals surface area contributed by atoms with Gasteiger partial charge in [-0.3, -0.25) is 4.57 Å². The molecule has 0 aromatic carbocycles. The zero-order chi connectivity index (χ0) is 16.2. The number of hydrogen-bond acceptors (Lipinski definition) is 8. The molecule has 104 valence electrons. The molecule has 0 rings (SSSR count). The third-order valence-corrected chi connectivity index (χ3v) is 1.17. The van der Waals surface area contributed by atoms with E-state index in [0.29, 0.717) is 0 Å². The van der Waals surface area contributed by atoms with Crippen LogP contribution in [0.4, 0.5) is 0 Å². The van der Waals surface area contributed by atoms with Crippen molar-refractivity contribution in [1.29, 1.82) is 10.5 Å². The Morgan fingerprint density at radius 1 is 0.900 bits per heavy atom. The fourth-order valence-corrected chi connectivity index (χ4v) is 0.0671. The molecule has 12 nitrogen and oxygen atoms in total. The van der Waals surface area contributed by atoms with Crippen LogP contribution < -0.4 is 34.7 Å². The summed E-state index contributed by atoms with van der Waals surface area (Å²) in [5.41, 5.74) is 0. The zero-order valence-corrected chi connectivity index (χ0v) is 12.5. The Morgan fingerprint density at radius 2 is 1.10 bits per heavy atom. The van der Waals surface area contributed by atoms with Crippen molar-refractivity contribution in [2.75, 3.05) is 0 Å². The van der Waals surface area contributed by atoms with Gasteiger partial charge in [0.15, 0.2) is 17.6 Å². The Labute approximate surface area is 132 Å². The van der Waals surface area contributed by atoms with E-state index in [2.05, 4.69) is 0 Å². The Bertz CT molecular complexity index is 437. The normalized spacial score (nSPS) is 7.55. The quantitative estimate of drug-likeness (QED) is 0.185. The first-order valence-electron chi connectivity index (χ1n) is 3.47. The predicted octanol–water partition coefficient (Wildman–Crippen LogP) is -5.80. The van der Waals surface area contributed by atoms with Crippen molar-refractivity contribution in [3.05, 3.63) is 0 Å². The van der Waals surface area contributed by atoms with Gasteiger partial charge in [0.2, 0.25) is 0 Å². The second-order valence-corrected chi connectivity index (χ2v) is 3.53. The summed E-state index contributed by atoms with van der Waals surface area (Å²) >= 11 is 0. The van der Waals surface area contributed by atoms with Crippen molar-refractivity contribution < 1.29 is 78.6 Å². The smallest absolute Gasteiger partial charge is 0.539 e. The second-order valence-electron chi connectivity index (χ2n) is 1.98. The molecule has 0 atom stereocenters. The monoisotopic (exact) mass is 318 g/mol. The maximum Gasteiger partial charge on any atom is 1.00 e. The number of hydrogen-bond donors (Lipinski definition) is 4. The number of carboxylic acids is 4. The maximum absolute atomic E-state index is 9.78. The first-order valence-corrected chi connectivity index (χ1v) is 5.13. The van der Waals surface area contributed by atoms with Crippen LogP contribution >= 0.6 is 7.37 Å². The van der Waals surface area contributed by atoms with Crippen molar-refractivity contribution >= 4 is 31.2 Å². The summed E-state index contributed by atoms with van der Waals surface area (Å²) in [6.07, 6.45) is 0. The molecule has 0 heterocycles. The number of carbonyl (C=O) groups is 4. The number of carbonyl (C=O) groups excluding carboxylic acids is 1. The molecule has 0 radical (unpaired) electrons. The Balaban J connectivity index is -0.0000000941. The average Bonchev–Trinajstić information content (AvgIpc) is 2.30. The number of aliphatic carboxylic acids is 4. The Morgan fingerprint density at radius 3 is 1.10 bits per heavy atom. The molecular formula is C6H4N2NaO10P. The van der Waals surface area contributed by atoms with E-state index in [1.54, 1.807) is 0 Å². The zero-order valence-electron chi connectivity index (χ0n) is 9.58. The molecule has 0 spiro atoms. The summed E-state index contributed by atoms with van der Waals surface area (Å²) < 4.78 is 9.78. The van der Waals surface area contributed by atoms with Crippen molar-refractivity contribution in [3.63, 3.8) is 0 Å². The molecule has 14 heteroatoms. The van der Waals surface area contributed by atoms with Gasteiger partial charge in [0.05, 0.1) is 0 Å². The van der Waals surface area contributed by atoms with Crippen LogP contribution in [0.15, 0.2) is 0 Å². The van der Waals surface area contributed by atoms with E-state index >= 15 is 0 Å². The molecule has 0 saturated carbocycles. The summed E-state index contributed by atoms with van der Waals surface area (Å²) in [7, 11) is -4.04. The molecule has 0 amide bonds. The van der Waals surface area contributed by atoms with Gasteiger partial charge in [0.25, 0.3) is 0 Å². The van der Waals surface area contributed by atoms with E-state index in [-0.39, 0.29) is 29.6 Å². The minimum absolute atomic E-state index is 0. The van der Waals surface area contributed by atoms with Gasteiger partial charge in [0.1, 0.15) is 0 Å². The fraction of sp³-hybridized carbons (Fsp3) is 0. The average molecular weight is 318 g/mol. The first-order chi connectivity index (χ1) is 8.41. The molecule has 0 bridgehead atoms. The van der Waals surface area contributed by atoms with E-state index in [4.69, 9.17) is 55.0 Å². The molecule has 0 aliphatic carbocycles. The van der Waals surface area contributed by atoms with Crippen LogP contribution in [0.5, 0.6) is 0 Å². The van der Waals surface area contributed by atoms with Crippen LogP contribution in [0.3, 0.4) is 0 Å². The Kier molecular flexibility index (Phi) is 17.9. The van der Waals surface area contributed by atoms with Gasteiger partial charge in [-0.05, 0) is 0 Å². The largest absolute Gasteiger partial charge is 1.00 e. The van der Waals surface area contributed by atoms with Crippen LogP contribution in [-0.4, -0.2) is 44.1 Å². The summed E-state index contributed by atoms with van der Waals surface area (Å²) in [5, 5.41) is 46.3. The number of nitriles is 2. The van der Waals surface area contributed by atoms with Crippen LogP contribution in [0, 0.1) is 22.1 Å². The van der Waals surface area contributed by atoms with Crippen molar-refractivity contribution in [2.24, 2.45) is 0 Å². The minimum Gasteiger partial charge on any atom is -0.539 e. The third kappa shape index (κ3) is 25.0. The molecule has 4 N–H and O–H groups in total. The van der Waals surface area contributed by atoms with Crippen LogP contribution in [-0.2, 0) is 23.7 Å². The molecule has 0 saturated heterocycles. The van der Waals surface area contributed by atoms with Crippen LogP contribution in [0.1, 0.15) is 0 Å². The van der Waals surface area contributed by atoms with Gasteiger partial charge in [-0.25, -0.2) is 14.4 Å². The van der Waals surface area contributed by atoms with Crippen molar-refractivity contribution in [3.8, 4) is 11.6 Å². The Hall–Kier alpha value is -1.95. The fourth-order valence-electron chi connectivity index (χ4n) is 0.0224. The summed E-state index contributed by atoms with van der Waals surface area (Å²) in [4.78, 5) is 44.2. The summed E-state index contributed by atoms with van der Waals surface area (Å²) in [6.45, 7) is 0. The van der Waals surface area contributed by atoms with Crippen LogP contribution in [0.25, 0.3) is 0 Å². The third-order valence-electron chi connectivity index (χ3n) is 0.629. The molecule has 0 aromatic heterocycles. The molecule has 0 unspecified atom stereocenters. The molecule has 0 aliphatic heterocycles. The maximum atomic E-state index is 9.78.